The summed E-state index contributed by atoms with van der Waals surface area (Å²) in [5.74, 6) is 1.08. The van der Waals surface area contributed by atoms with Gasteiger partial charge in [0.25, 0.3) is 0 Å². The Morgan fingerprint density at radius 1 is 0.500 bits per heavy atom. The van der Waals surface area contributed by atoms with Crippen LogP contribution in [0.2, 0.25) is 0 Å². The summed E-state index contributed by atoms with van der Waals surface area (Å²) in [5, 5.41) is 5.39. The van der Waals surface area contributed by atoms with Crippen molar-refractivity contribution in [3.8, 4) is 0 Å². The van der Waals surface area contributed by atoms with Crippen LogP contribution in [0, 0.1) is 0 Å². The zero-order valence-corrected chi connectivity index (χ0v) is 15.8. The monoisotopic (exact) mass is 358 g/mol. The Morgan fingerprint density at radius 2 is 0.893 bits per heavy atom. The summed E-state index contributed by atoms with van der Waals surface area (Å²) in [6.45, 7) is 0. The molecule has 0 amide bonds. The molecule has 4 aromatic rings. The van der Waals surface area contributed by atoms with Crippen molar-refractivity contribution in [1.82, 2.24) is 0 Å². The van der Waals surface area contributed by atoms with Crippen LogP contribution < -0.4 is 0 Å². The Kier molecular flexibility index (Phi) is 3.52. The van der Waals surface area contributed by atoms with Gasteiger partial charge in [-0.15, -0.1) is 0 Å². The second-order valence-electron chi connectivity index (χ2n) is 8.17. The quantitative estimate of drug-likeness (QED) is 0.352. The van der Waals surface area contributed by atoms with Gasteiger partial charge in [-0.1, -0.05) is 72.8 Å². The van der Waals surface area contributed by atoms with E-state index in [-0.39, 0.29) is 0 Å². The summed E-state index contributed by atoms with van der Waals surface area (Å²) >= 11 is 0. The average Bonchev–Trinajstić information content (AvgIpc) is 3.32. The fourth-order valence-corrected chi connectivity index (χ4v) is 4.99. The second kappa shape index (κ2) is 6.21. The van der Waals surface area contributed by atoms with E-state index in [0.717, 1.165) is 0 Å². The van der Waals surface area contributed by atoms with Gasteiger partial charge in [0, 0.05) is 11.8 Å². The van der Waals surface area contributed by atoms with Gasteiger partial charge >= 0.3 is 0 Å². The molecule has 0 spiro atoms. The Bertz CT molecular complexity index is 1170. The van der Waals surface area contributed by atoms with E-state index < -0.39 is 0 Å². The van der Waals surface area contributed by atoms with Gasteiger partial charge in [-0.25, -0.2) is 0 Å². The Morgan fingerprint density at radius 3 is 1.32 bits per heavy atom. The zero-order chi connectivity index (χ0) is 18.5. The molecule has 6 rings (SSSR count). The normalized spacial score (nSPS) is 19.4. The summed E-state index contributed by atoms with van der Waals surface area (Å²) in [6.07, 6.45) is 11.8. The minimum absolute atomic E-state index is 0.539. The van der Waals surface area contributed by atoms with E-state index in [0.29, 0.717) is 11.8 Å². The van der Waals surface area contributed by atoms with Crippen LogP contribution in [0.15, 0.2) is 84.9 Å². The highest BCUT2D eigenvalue weighted by molar-refractivity contribution is 5.88. The van der Waals surface area contributed by atoms with Crippen molar-refractivity contribution in [3.63, 3.8) is 0 Å². The van der Waals surface area contributed by atoms with E-state index in [1.165, 1.54) is 56.6 Å². The van der Waals surface area contributed by atoms with Gasteiger partial charge < -0.3 is 0 Å². The maximum atomic E-state index is 2.41. The zero-order valence-electron chi connectivity index (χ0n) is 15.8. The third-order valence-electron chi connectivity index (χ3n) is 6.51. The molecule has 0 aromatic heterocycles. The first-order valence-electron chi connectivity index (χ1n) is 10.3. The van der Waals surface area contributed by atoms with Crippen LogP contribution in [0.5, 0.6) is 0 Å². The van der Waals surface area contributed by atoms with Gasteiger partial charge in [-0.2, -0.15) is 0 Å². The fraction of sp³-hybridized carbons (Fsp3) is 0.143. The van der Waals surface area contributed by atoms with Crippen molar-refractivity contribution in [2.45, 2.75) is 24.7 Å². The molecule has 0 saturated carbocycles. The molecule has 2 aliphatic carbocycles. The van der Waals surface area contributed by atoms with E-state index in [4.69, 9.17) is 0 Å². The summed E-state index contributed by atoms with van der Waals surface area (Å²) in [5.41, 5.74) is 5.80. The number of benzene rings is 4. The summed E-state index contributed by atoms with van der Waals surface area (Å²) < 4.78 is 0. The lowest BCUT2D eigenvalue weighted by Crippen LogP contribution is -1.99. The summed E-state index contributed by atoms with van der Waals surface area (Å²) in [4.78, 5) is 0. The van der Waals surface area contributed by atoms with E-state index in [2.05, 4.69) is 97.1 Å². The molecule has 0 heterocycles. The van der Waals surface area contributed by atoms with Crippen molar-refractivity contribution in [3.05, 3.63) is 107 Å². The Balaban J connectivity index is 1.26. The molecule has 2 unspecified atom stereocenters. The fourth-order valence-electron chi connectivity index (χ4n) is 4.99. The van der Waals surface area contributed by atoms with Crippen LogP contribution in [0.3, 0.4) is 0 Å². The molecule has 0 fully saturated rings. The molecule has 0 bridgehead atoms. The van der Waals surface area contributed by atoms with Crippen LogP contribution in [-0.4, -0.2) is 0 Å². The smallest absolute Gasteiger partial charge is 0.00277 e. The van der Waals surface area contributed by atoms with E-state index in [1.54, 1.807) is 0 Å². The van der Waals surface area contributed by atoms with Gasteiger partial charge in [0.2, 0.25) is 0 Å². The first-order valence-corrected chi connectivity index (χ1v) is 10.3. The standard InChI is InChI=1S/C28H22/c1-3-7-23-17-27-19(11-13-25(27)15-21(23)5-1)9-10-20-12-14-26-16-22-6-2-4-8-24(22)18-28(20)26/h1-8,11-20H,9-10H2. The first kappa shape index (κ1) is 15.9. The van der Waals surface area contributed by atoms with E-state index in [1.807, 2.05) is 0 Å². The van der Waals surface area contributed by atoms with Crippen molar-refractivity contribution in [2.75, 3.05) is 0 Å². The minimum atomic E-state index is 0.539. The lowest BCUT2D eigenvalue weighted by atomic mass is 9.88. The average molecular weight is 358 g/mol. The van der Waals surface area contributed by atoms with Gasteiger partial charge in [0.15, 0.2) is 0 Å². The predicted octanol–water partition coefficient (Wildman–Crippen LogP) is 7.69. The Labute approximate surface area is 165 Å². The van der Waals surface area contributed by atoms with Crippen molar-refractivity contribution in [1.29, 1.82) is 0 Å². The number of hydrogen-bond donors (Lipinski definition) is 0. The third-order valence-corrected chi connectivity index (χ3v) is 6.51. The van der Waals surface area contributed by atoms with E-state index in [9.17, 15) is 0 Å². The van der Waals surface area contributed by atoms with Crippen LogP contribution in [-0.2, 0) is 0 Å². The highest BCUT2D eigenvalue weighted by Gasteiger charge is 2.22. The first-order chi connectivity index (χ1) is 13.8. The highest BCUT2D eigenvalue weighted by Crippen LogP contribution is 2.41. The molecule has 2 aliphatic rings. The molecule has 4 aromatic carbocycles. The summed E-state index contributed by atoms with van der Waals surface area (Å²) in [6, 6.07) is 26.9. The third kappa shape index (κ3) is 2.52. The van der Waals surface area contributed by atoms with Crippen LogP contribution in [0.4, 0.5) is 0 Å². The van der Waals surface area contributed by atoms with Crippen LogP contribution in [0.1, 0.15) is 46.9 Å². The van der Waals surface area contributed by atoms with Crippen molar-refractivity contribution >= 4 is 33.7 Å². The number of hydrogen-bond acceptors (Lipinski definition) is 0. The molecular weight excluding hydrogens is 336 g/mol. The molecule has 0 nitrogen and oxygen atoms in total. The lowest BCUT2D eigenvalue weighted by molar-refractivity contribution is 0.643. The molecule has 0 N–H and O–H groups in total. The van der Waals surface area contributed by atoms with Gasteiger partial charge in [-0.05, 0) is 80.9 Å². The Hall–Kier alpha value is -3.12. The van der Waals surface area contributed by atoms with Crippen molar-refractivity contribution in [2.24, 2.45) is 0 Å². The predicted molar refractivity (Wildman–Crippen MR) is 121 cm³/mol. The molecule has 0 aliphatic heterocycles. The van der Waals surface area contributed by atoms with Crippen LogP contribution in [0.25, 0.3) is 33.7 Å². The topological polar surface area (TPSA) is 0 Å². The lowest BCUT2D eigenvalue weighted by Gasteiger charge is -2.16. The molecule has 2 atom stereocenters. The molecule has 134 valence electrons. The van der Waals surface area contributed by atoms with Gasteiger partial charge in [0.1, 0.15) is 0 Å². The molecule has 0 heteroatoms. The minimum Gasteiger partial charge on any atom is -0.0764 e. The van der Waals surface area contributed by atoms with Gasteiger partial charge in [-0.3, -0.25) is 0 Å². The molecule has 28 heavy (non-hydrogen) atoms. The number of rotatable bonds is 3. The highest BCUT2D eigenvalue weighted by atomic mass is 14.3. The second-order valence-corrected chi connectivity index (χ2v) is 8.17. The molecular formula is C28H22. The SMILES string of the molecule is C1=CC(CCC2C=Cc3cc4ccccc4cc32)c2cc3ccccc3cc21. The van der Waals surface area contributed by atoms with Crippen molar-refractivity contribution < 1.29 is 0 Å². The largest absolute Gasteiger partial charge is 0.0764 e. The van der Waals surface area contributed by atoms with Gasteiger partial charge in [0.05, 0.1) is 0 Å². The van der Waals surface area contributed by atoms with E-state index >= 15 is 0 Å². The number of fused-ring (bicyclic) bond motifs is 4. The maximum absolute atomic E-state index is 2.41. The summed E-state index contributed by atoms with van der Waals surface area (Å²) in [7, 11) is 0. The molecule has 0 saturated heterocycles. The number of allylic oxidation sites excluding steroid dienone is 2. The maximum Gasteiger partial charge on any atom is 0.00277 e. The molecule has 0 radical (unpaired) electrons. The van der Waals surface area contributed by atoms with Crippen LogP contribution >= 0.6 is 0 Å².